The van der Waals surface area contributed by atoms with Crippen molar-refractivity contribution < 1.29 is 53.1 Å². The second kappa shape index (κ2) is 18.5. The number of nitrogens with zero attached hydrogens (tertiary/aromatic N) is 3. The number of piperazine rings is 1. The number of anilines is 1. The number of carbonyl (C=O) groups is 3. The first-order chi connectivity index (χ1) is 30.0. The summed E-state index contributed by atoms with van der Waals surface area (Å²) in [5, 5.41) is 36.7. The molecule has 0 saturated carbocycles. The van der Waals surface area contributed by atoms with Crippen molar-refractivity contribution in [1.29, 1.82) is 0 Å². The zero-order valence-electron chi connectivity index (χ0n) is 36.7. The lowest BCUT2D eigenvalue weighted by Gasteiger charge is -2.32. The molecule has 1 saturated heterocycles. The molecule has 0 radical (unpaired) electrons. The van der Waals surface area contributed by atoms with E-state index in [0.29, 0.717) is 24.3 Å². The number of carbonyl (C=O) groups excluding carboxylic acids is 3. The van der Waals surface area contributed by atoms with E-state index in [1.54, 1.807) is 50.3 Å². The second-order valence-corrected chi connectivity index (χ2v) is 17.1. The molecule has 16 heteroatoms. The number of amides is 1. The second-order valence-electron chi connectivity index (χ2n) is 17.1. The highest BCUT2D eigenvalue weighted by Crippen LogP contribution is 2.48. The van der Waals surface area contributed by atoms with E-state index in [4.69, 9.17) is 28.3 Å². The SMILES string of the molecule is CC(=O)OC1CC/C=C/O[C@@]2(C)Oc3c(C)c(=O)c4c(O)c(c5oc6cc(OCCN7CCN(C)CC7)ccc6nc5c4c3C2=O)NC(=O)/C(C)=C\C=C\C(C)C[C@@H](C)[C@@H](O)C1O. The number of ketones is 1. The lowest BCUT2D eigenvalue weighted by Crippen LogP contribution is -2.45. The number of likely N-dealkylation sites (N-methyl/N-ethyl adjacent to an activating group) is 1. The predicted octanol–water partition coefficient (Wildman–Crippen LogP) is 5.51. The summed E-state index contributed by atoms with van der Waals surface area (Å²) in [6.07, 6.45) is 5.00. The normalized spacial score (nSPS) is 27.4. The van der Waals surface area contributed by atoms with Crippen LogP contribution in [-0.4, -0.2) is 118 Å². The molecule has 1 fully saturated rings. The smallest absolute Gasteiger partial charge is 0.312 e. The van der Waals surface area contributed by atoms with Crippen LogP contribution in [0, 0.1) is 18.8 Å². The third kappa shape index (κ3) is 9.30. The van der Waals surface area contributed by atoms with Gasteiger partial charge in [0.05, 0.1) is 23.3 Å². The van der Waals surface area contributed by atoms with Gasteiger partial charge in [0.2, 0.25) is 0 Å². The fourth-order valence-corrected chi connectivity index (χ4v) is 8.38. The van der Waals surface area contributed by atoms with E-state index in [2.05, 4.69) is 22.2 Å². The maximum absolute atomic E-state index is 14.5. The molecule has 3 aromatic carbocycles. The predicted molar refractivity (Wildman–Crippen MR) is 236 cm³/mol. The van der Waals surface area contributed by atoms with Crippen molar-refractivity contribution in [3.05, 3.63) is 75.7 Å². The van der Waals surface area contributed by atoms with Crippen LogP contribution in [0.4, 0.5) is 5.69 Å². The van der Waals surface area contributed by atoms with Crippen LogP contribution in [0.25, 0.3) is 33.0 Å². The molecule has 3 aliphatic rings. The van der Waals surface area contributed by atoms with E-state index in [0.717, 1.165) is 32.7 Å². The van der Waals surface area contributed by atoms with Crippen LogP contribution in [0.15, 0.2) is 63.6 Å². The summed E-state index contributed by atoms with van der Waals surface area (Å²) in [6, 6.07) is 5.09. The topological polar surface area (TPSA) is 210 Å². The Labute approximate surface area is 364 Å². The number of aromatic hydroxyl groups is 1. The number of hydrogen-bond donors (Lipinski definition) is 4. The molecule has 7 rings (SSSR count). The van der Waals surface area contributed by atoms with Gasteiger partial charge in [-0.2, -0.15) is 0 Å². The largest absolute Gasteiger partial charge is 0.505 e. The van der Waals surface area contributed by atoms with E-state index < -0.39 is 58.9 Å². The first kappa shape index (κ1) is 45.2. The van der Waals surface area contributed by atoms with Gasteiger partial charge in [-0.1, -0.05) is 32.1 Å². The van der Waals surface area contributed by atoms with Crippen LogP contribution in [0.3, 0.4) is 0 Å². The molecule has 0 aliphatic carbocycles. The van der Waals surface area contributed by atoms with Gasteiger partial charge in [0.15, 0.2) is 22.3 Å². The number of Topliss-reactive ketones (excluding diaryl/α,β-unsaturated/α-hetero) is 1. The minimum absolute atomic E-state index is 0.00983. The number of phenols is 1. The summed E-state index contributed by atoms with van der Waals surface area (Å²) in [6.45, 7) is 14.4. The van der Waals surface area contributed by atoms with Gasteiger partial charge in [0.25, 0.3) is 11.7 Å². The van der Waals surface area contributed by atoms with E-state index >= 15 is 0 Å². The van der Waals surface area contributed by atoms with E-state index in [-0.39, 0.29) is 74.4 Å². The number of allylic oxidation sites excluding steroid dienone is 4. The monoisotopic (exact) mass is 868 g/mol. The van der Waals surface area contributed by atoms with Crippen molar-refractivity contribution in [2.75, 3.05) is 51.7 Å². The summed E-state index contributed by atoms with van der Waals surface area (Å²) in [7, 11) is 2.10. The summed E-state index contributed by atoms with van der Waals surface area (Å²) in [5.41, 5.74) is -0.228. The average Bonchev–Trinajstić information content (AvgIpc) is 3.51. The van der Waals surface area contributed by atoms with Gasteiger partial charge in [0, 0.05) is 69.2 Å². The molecule has 4 heterocycles. The van der Waals surface area contributed by atoms with Crippen LogP contribution < -0.4 is 20.2 Å². The highest BCUT2D eigenvalue weighted by molar-refractivity contribution is 6.26. The van der Waals surface area contributed by atoms with Gasteiger partial charge in [-0.05, 0) is 70.2 Å². The van der Waals surface area contributed by atoms with E-state index in [1.807, 2.05) is 13.0 Å². The third-order valence-electron chi connectivity index (χ3n) is 12.1. The molecule has 336 valence electrons. The zero-order chi connectivity index (χ0) is 45.3. The molecule has 0 spiro atoms. The molecule has 6 atom stereocenters. The molecule has 4 bridgehead atoms. The molecule has 16 nitrogen and oxygen atoms in total. The number of rotatable bonds is 5. The number of aromatic nitrogens is 1. The number of fused-ring (bicyclic) bond motifs is 2. The van der Waals surface area contributed by atoms with Gasteiger partial charge in [-0.25, -0.2) is 4.98 Å². The lowest BCUT2D eigenvalue weighted by atomic mass is 9.87. The Kier molecular flexibility index (Phi) is 13.3. The Morgan fingerprint density at radius 1 is 1.06 bits per heavy atom. The average molecular weight is 869 g/mol. The van der Waals surface area contributed by atoms with Gasteiger partial charge in [-0.3, -0.25) is 24.1 Å². The first-order valence-electron chi connectivity index (χ1n) is 21.4. The van der Waals surface area contributed by atoms with Crippen molar-refractivity contribution >= 4 is 56.3 Å². The molecule has 3 unspecified atom stereocenters. The van der Waals surface area contributed by atoms with Gasteiger partial charge in [0.1, 0.15) is 47.0 Å². The van der Waals surface area contributed by atoms with Crippen LogP contribution in [0.1, 0.15) is 69.8 Å². The molecular formula is C47H56N4O12. The Balaban J connectivity index is 1.34. The molecular weight excluding hydrogens is 813 g/mol. The molecule has 3 aliphatic heterocycles. The standard InChI is InChI=1S/C47H56N4O12/c1-25-11-10-12-26(2)46(58)49-38-42(56)35-34(37-44(38)62-33-24-30(14-15-31(33)48-37)59-22-20-51-18-16-50(7)17-19-51)36-43(28(4)40(35)54)63-47(6,45(36)57)60-21-9-8-13-32(61-29(5)52)41(55)39(53)27(3)23-25/h9-12,14-15,21,24-25,27,32,39,41,53,55-56H,8,13,16-20,22-23H2,1-7H3,(H,49,58)/b11-10+,21-9+,26-12-/t25?,27-,32?,39-,41?,47+/m1/s1. The van der Waals surface area contributed by atoms with Crippen LogP contribution in [-0.2, 0) is 19.1 Å². The fraction of sp³-hybridized carbons (Fsp3) is 0.468. The van der Waals surface area contributed by atoms with E-state index in [1.165, 1.54) is 27.0 Å². The maximum Gasteiger partial charge on any atom is 0.312 e. The van der Waals surface area contributed by atoms with Gasteiger partial charge < -0.3 is 48.9 Å². The number of aliphatic hydroxyl groups is 2. The fourth-order valence-electron chi connectivity index (χ4n) is 8.38. The number of hydrogen-bond acceptors (Lipinski definition) is 15. The number of phenolic OH excluding ortho intramolecular Hbond substituents is 1. The highest BCUT2D eigenvalue weighted by Gasteiger charge is 2.49. The molecule has 4 N–H and O–H groups in total. The van der Waals surface area contributed by atoms with Crippen molar-refractivity contribution in [1.82, 2.24) is 14.8 Å². The zero-order valence-corrected chi connectivity index (χ0v) is 36.7. The number of benzene rings is 3. The first-order valence-corrected chi connectivity index (χ1v) is 21.4. The lowest BCUT2D eigenvalue weighted by molar-refractivity contribution is -0.160. The summed E-state index contributed by atoms with van der Waals surface area (Å²) in [4.78, 5) is 64.2. The number of aliphatic hydroxyl groups excluding tert-OH is 2. The quantitative estimate of drug-likeness (QED) is 0.0844. The summed E-state index contributed by atoms with van der Waals surface area (Å²) >= 11 is 0. The van der Waals surface area contributed by atoms with E-state index in [9.17, 15) is 34.5 Å². The summed E-state index contributed by atoms with van der Waals surface area (Å²) in [5.74, 6) is -4.63. The highest BCUT2D eigenvalue weighted by atomic mass is 16.7. The Hall–Kier alpha value is -5.81. The Morgan fingerprint density at radius 3 is 2.54 bits per heavy atom. The molecule has 1 amide bonds. The Bertz CT molecular complexity index is 2590. The van der Waals surface area contributed by atoms with Crippen LogP contribution >= 0.6 is 0 Å². The summed E-state index contributed by atoms with van der Waals surface area (Å²) < 4.78 is 30.1. The van der Waals surface area contributed by atoms with Gasteiger partial charge >= 0.3 is 11.8 Å². The number of esters is 1. The number of nitrogens with one attached hydrogen (secondary N) is 1. The van der Waals surface area contributed by atoms with Crippen molar-refractivity contribution in [2.24, 2.45) is 11.8 Å². The van der Waals surface area contributed by atoms with Crippen molar-refractivity contribution in [2.45, 2.75) is 84.9 Å². The van der Waals surface area contributed by atoms with Crippen LogP contribution in [0.5, 0.6) is 17.2 Å². The molecule has 63 heavy (non-hydrogen) atoms. The van der Waals surface area contributed by atoms with Crippen molar-refractivity contribution in [3.8, 4) is 17.2 Å². The Morgan fingerprint density at radius 2 is 1.81 bits per heavy atom. The minimum Gasteiger partial charge on any atom is -0.505 e. The van der Waals surface area contributed by atoms with Crippen molar-refractivity contribution in [3.63, 3.8) is 0 Å². The molecule has 1 aromatic heterocycles. The maximum atomic E-state index is 14.5. The third-order valence-corrected chi connectivity index (χ3v) is 12.1. The van der Waals surface area contributed by atoms with Crippen LogP contribution in [0.2, 0.25) is 0 Å². The minimum atomic E-state index is -1.98. The number of ether oxygens (including phenoxy) is 4. The van der Waals surface area contributed by atoms with Gasteiger partial charge in [-0.15, -0.1) is 0 Å². The molecule has 4 aromatic rings.